The van der Waals surface area contributed by atoms with Gasteiger partial charge in [0, 0.05) is 18.1 Å². The molecule has 1 N–H and O–H groups in total. The van der Waals surface area contributed by atoms with Crippen LogP contribution < -0.4 is 5.32 Å². The summed E-state index contributed by atoms with van der Waals surface area (Å²) in [4.78, 5) is 14.5. The first-order valence-corrected chi connectivity index (χ1v) is 10.3. The van der Waals surface area contributed by atoms with Gasteiger partial charge in [-0.1, -0.05) is 54.1 Å². The van der Waals surface area contributed by atoms with Gasteiger partial charge in [-0.25, -0.2) is 0 Å². The summed E-state index contributed by atoms with van der Waals surface area (Å²) >= 11 is 5.87. The third-order valence-electron chi connectivity index (χ3n) is 5.42. The lowest BCUT2D eigenvalue weighted by Gasteiger charge is -2.32. The lowest BCUT2D eigenvalue weighted by atomic mass is 9.90. The molecule has 1 saturated heterocycles. The fourth-order valence-electron chi connectivity index (χ4n) is 3.72. The number of likely N-dealkylation sites (tertiary alicyclic amines) is 1. The Labute approximate surface area is 167 Å². The standard InChI is InChI=1S/C23H29ClN2O/c24-22-10-8-21(9-11-22)18-23(27)25-14-17-26-15-12-20(13-16-26)7-6-19-4-2-1-3-5-19/h1-5,8-11,20H,6-7,12-18H2,(H,25,27). The molecule has 0 aliphatic carbocycles. The van der Waals surface area contributed by atoms with E-state index in [4.69, 9.17) is 11.6 Å². The van der Waals surface area contributed by atoms with E-state index in [2.05, 4.69) is 40.5 Å². The molecule has 1 aliphatic rings. The van der Waals surface area contributed by atoms with Crippen LogP contribution >= 0.6 is 11.6 Å². The fraction of sp³-hybridized carbons (Fsp3) is 0.435. The summed E-state index contributed by atoms with van der Waals surface area (Å²) in [6, 6.07) is 18.2. The molecule has 3 rings (SSSR count). The van der Waals surface area contributed by atoms with E-state index in [0.29, 0.717) is 11.4 Å². The molecule has 0 saturated carbocycles. The van der Waals surface area contributed by atoms with E-state index < -0.39 is 0 Å². The molecule has 4 heteroatoms. The van der Waals surface area contributed by atoms with E-state index in [9.17, 15) is 4.79 Å². The number of benzene rings is 2. The van der Waals surface area contributed by atoms with Gasteiger partial charge < -0.3 is 10.2 Å². The molecule has 0 bridgehead atoms. The molecule has 0 unspecified atom stereocenters. The van der Waals surface area contributed by atoms with Crippen molar-refractivity contribution < 1.29 is 4.79 Å². The molecule has 0 aromatic heterocycles. The Hall–Kier alpha value is -1.84. The van der Waals surface area contributed by atoms with Gasteiger partial charge in [-0.05, 0) is 68.0 Å². The Bertz CT molecular complexity index is 694. The summed E-state index contributed by atoms with van der Waals surface area (Å²) in [5.41, 5.74) is 2.44. The average molecular weight is 385 g/mol. The molecular formula is C23H29ClN2O. The van der Waals surface area contributed by atoms with Gasteiger partial charge in [-0.3, -0.25) is 4.79 Å². The highest BCUT2D eigenvalue weighted by molar-refractivity contribution is 6.30. The average Bonchev–Trinajstić information content (AvgIpc) is 2.70. The third-order valence-corrected chi connectivity index (χ3v) is 5.67. The molecule has 27 heavy (non-hydrogen) atoms. The van der Waals surface area contributed by atoms with Gasteiger partial charge in [-0.2, -0.15) is 0 Å². The molecule has 1 fully saturated rings. The number of hydrogen-bond donors (Lipinski definition) is 1. The lowest BCUT2D eigenvalue weighted by Crippen LogP contribution is -2.40. The van der Waals surface area contributed by atoms with Gasteiger partial charge in [0.2, 0.25) is 5.91 Å². The summed E-state index contributed by atoms with van der Waals surface area (Å²) in [6.45, 7) is 3.96. The maximum absolute atomic E-state index is 12.0. The SMILES string of the molecule is O=C(Cc1ccc(Cl)cc1)NCCN1CCC(CCc2ccccc2)CC1. The monoisotopic (exact) mass is 384 g/mol. The van der Waals surface area contributed by atoms with Crippen molar-refractivity contribution in [1.29, 1.82) is 0 Å². The number of piperidine rings is 1. The second-order valence-electron chi connectivity index (χ2n) is 7.46. The van der Waals surface area contributed by atoms with Crippen LogP contribution in [0, 0.1) is 5.92 Å². The normalized spacial score (nSPS) is 15.6. The van der Waals surface area contributed by atoms with Crippen molar-refractivity contribution in [3.8, 4) is 0 Å². The molecule has 2 aromatic carbocycles. The molecule has 3 nitrogen and oxygen atoms in total. The zero-order valence-electron chi connectivity index (χ0n) is 15.9. The number of carbonyl (C=O) groups is 1. The van der Waals surface area contributed by atoms with Crippen LogP contribution in [0.1, 0.15) is 30.4 Å². The number of hydrogen-bond acceptors (Lipinski definition) is 2. The molecule has 1 aliphatic heterocycles. The molecule has 0 spiro atoms. The van der Waals surface area contributed by atoms with Crippen LogP contribution in [-0.2, 0) is 17.6 Å². The minimum Gasteiger partial charge on any atom is -0.355 e. The summed E-state index contributed by atoms with van der Waals surface area (Å²) in [6.07, 6.45) is 5.43. The first-order chi connectivity index (χ1) is 13.2. The van der Waals surface area contributed by atoms with Gasteiger partial charge in [0.25, 0.3) is 0 Å². The zero-order chi connectivity index (χ0) is 18.9. The smallest absolute Gasteiger partial charge is 0.224 e. The molecule has 2 aromatic rings. The minimum absolute atomic E-state index is 0.0788. The summed E-state index contributed by atoms with van der Waals surface area (Å²) in [7, 11) is 0. The maximum atomic E-state index is 12.0. The molecule has 0 atom stereocenters. The Kier molecular flexibility index (Phi) is 7.73. The van der Waals surface area contributed by atoms with Gasteiger partial charge >= 0.3 is 0 Å². The van der Waals surface area contributed by atoms with Crippen molar-refractivity contribution in [3.63, 3.8) is 0 Å². The van der Waals surface area contributed by atoms with Crippen molar-refractivity contribution >= 4 is 17.5 Å². The number of amides is 1. The summed E-state index contributed by atoms with van der Waals surface area (Å²) in [5, 5.41) is 3.74. The van der Waals surface area contributed by atoms with E-state index in [0.717, 1.165) is 37.7 Å². The van der Waals surface area contributed by atoms with E-state index in [1.54, 1.807) is 0 Å². The highest BCUT2D eigenvalue weighted by atomic mass is 35.5. The minimum atomic E-state index is 0.0788. The molecule has 1 amide bonds. The van der Waals surface area contributed by atoms with Crippen molar-refractivity contribution in [2.75, 3.05) is 26.2 Å². The van der Waals surface area contributed by atoms with Gasteiger partial charge in [0.1, 0.15) is 0 Å². The number of rotatable bonds is 8. The predicted octanol–water partition coefficient (Wildman–Crippen LogP) is 4.34. The highest BCUT2D eigenvalue weighted by Crippen LogP contribution is 2.22. The first kappa shape index (κ1) is 19.9. The number of aryl methyl sites for hydroxylation is 1. The molecule has 144 valence electrons. The van der Waals surface area contributed by atoms with Gasteiger partial charge in [0.05, 0.1) is 6.42 Å². The van der Waals surface area contributed by atoms with E-state index in [1.165, 1.54) is 31.2 Å². The van der Waals surface area contributed by atoms with E-state index in [-0.39, 0.29) is 5.91 Å². The predicted molar refractivity (Wildman–Crippen MR) is 112 cm³/mol. The molecule has 1 heterocycles. The van der Waals surface area contributed by atoms with Gasteiger partial charge in [-0.15, -0.1) is 0 Å². The topological polar surface area (TPSA) is 32.3 Å². The lowest BCUT2D eigenvalue weighted by molar-refractivity contribution is -0.120. The van der Waals surface area contributed by atoms with Crippen molar-refractivity contribution in [3.05, 3.63) is 70.7 Å². The van der Waals surface area contributed by atoms with Crippen LogP contribution in [-0.4, -0.2) is 37.0 Å². The Morgan fingerprint density at radius 1 is 1.00 bits per heavy atom. The number of nitrogens with zero attached hydrogens (tertiary/aromatic N) is 1. The fourth-order valence-corrected chi connectivity index (χ4v) is 3.84. The van der Waals surface area contributed by atoms with Crippen molar-refractivity contribution in [2.45, 2.75) is 32.1 Å². The van der Waals surface area contributed by atoms with Crippen LogP contribution in [0.5, 0.6) is 0 Å². The number of nitrogens with one attached hydrogen (secondary N) is 1. The molecular weight excluding hydrogens is 356 g/mol. The quantitative estimate of drug-likeness (QED) is 0.734. The number of carbonyl (C=O) groups excluding carboxylic acids is 1. The Morgan fingerprint density at radius 2 is 1.70 bits per heavy atom. The summed E-state index contributed by atoms with van der Waals surface area (Å²) in [5.74, 6) is 0.913. The third kappa shape index (κ3) is 7.00. The van der Waals surface area contributed by atoms with Crippen LogP contribution in [0.25, 0.3) is 0 Å². The number of halogens is 1. The van der Waals surface area contributed by atoms with Crippen molar-refractivity contribution in [2.24, 2.45) is 5.92 Å². The van der Waals surface area contributed by atoms with Crippen LogP contribution in [0.2, 0.25) is 5.02 Å². The maximum Gasteiger partial charge on any atom is 0.224 e. The second-order valence-corrected chi connectivity index (χ2v) is 7.90. The zero-order valence-corrected chi connectivity index (χ0v) is 16.6. The summed E-state index contributed by atoms with van der Waals surface area (Å²) < 4.78 is 0. The van der Waals surface area contributed by atoms with E-state index >= 15 is 0 Å². The van der Waals surface area contributed by atoms with Crippen LogP contribution in [0.4, 0.5) is 0 Å². The van der Waals surface area contributed by atoms with E-state index in [1.807, 2.05) is 24.3 Å². The Balaban J connectivity index is 1.28. The van der Waals surface area contributed by atoms with Crippen LogP contribution in [0.15, 0.2) is 54.6 Å². The van der Waals surface area contributed by atoms with Gasteiger partial charge in [0.15, 0.2) is 0 Å². The Morgan fingerprint density at radius 3 is 2.41 bits per heavy atom. The van der Waals surface area contributed by atoms with Crippen molar-refractivity contribution in [1.82, 2.24) is 10.2 Å². The largest absolute Gasteiger partial charge is 0.355 e. The first-order valence-electron chi connectivity index (χ1n) is 9.96. The molecule has 0 radical (unpaired) electrons. The second kappa shape index (κ2) is 10.5. The highest BCUT2D eigenvalue weighted by Gasteiger charge is 2.18. The van der Waals surface area contributed by atoms with Crippen LogP contribution in [0.3, 0.4) is 0 Å².